The molecule has 0 N–H and O–H groups in total. The molecule has 0 aliphatic carbocycles. The molecule has 1 saturated heterocycles. The Bertz CT molecular complexity index is 1080. The fraction of sp³-hybridized carbons (Fsp3) is 0.200. The summed E-state index contributed by atoms with van der Waals surface area (Å²) in [6.45, 7) is 2.49. The van der Waals surface area contributed by atoms with Gasteiger partial charge in [-0.25, -0.2) is 0 Å². The standard InChI is InChI=1S/C20H18N6O3/c27-20(15-14-17(29-23-15)16-4-3-13-28-16)26-11-9-25(10-12-26)19-6-5-18(21-22-19)24-7-1-2-8-24/h1-8,13-14H,9-12H2. The number of carbonyl (C=O) groups is 1. The fourth-order valence-corrected chi connectivity index (χ4v) is 3.32. The molecular weight excluding hydrogens is 372 g/mol. The van der Waals surface area contributed by atoms with E-state index in [9.17, 15) is 4.79 Å². The third kappa shape index (κ3) is 3.38. The third-order valence-corrected chi connectivity index (χ3v) is 4.89. The summed E-state index contributed by atoms with van der Waals surface area (Å²) in [5.41, 5.74) is 0.278. The van der Waals surface area contributed by atoms with E-state index in [-0.39, 0.29) is 11.6 Å². The maximum Gasteiger partial charge on any atom is 0.276 e. The summed E-state index contributed by atoms with van der Waals surface area (Å²) in [5.74, 6) is 2.40. The summed E-state index contributed by atoms with van der Waals surface area (Å²) >= 11 is 0. The number of rotatable bonds is 4. The van der Waals surface area contributed by atoms with E-state index in [0.717, 1.165) is 11.6 Å². The number of hydrogen-bond acceptors (Lipinski definition) is 7. The highest BCUT2D eigenvalue weighted by atomic mass is 16.5. The van der Waals surface area contributed by atoms with Gasteiger partial charge < -0.3 is 23.3 Å². The number of piperazine rings is 1. The average molecular weight is 390 g/mol. The van der Waals surface area contributed by atoms with E-state index < -0.39 is 0 Å². The Kier molecular flexibility index (Phi) is 4.32. The summed E-state index contributed by atoms with van der Waals surface area (Å²) in [6.07, 6.45) is 5.40. The minimum Gasteiger partial charge on any atom is -0.461 e. The van der Waals surface area contributed by atoms with Crippen LogP contribution in [0.25, 0.3) is 17.3 Å². The van der Waals surface area contributed by atoms with Crippen molar-refractivity contribution in [3.05, 3.63) is 66.8 Å². The van der Waals surface area contributed by atoms with Crippen LogP contribution in [0.15, 0.2) is 70.1 Å². The lowest BCUT2D eigenvalue weighted by atomic mass is 10.2. The number of aromatic nitrogens is 4. The summed E-state index contributed by atoms with van der Waals surface area (Å²) in [7, 11) is 0. The van der Waals surface area contributed by atoms with Gasteiger partial charge in [-0.3, -0.25) is 4.79 Å². The fourth-order valence-electron chi connectivity index (χ4n) is 3.32. The van der Waals surface area contributed by atoms with Gasteiger partial charge in [0.05, 0.1) is 6.26 Å². The van der Waals surface area contributed by atoms with Gasteiger partial charge in [-0.1, -0.05) is 5.16 Å². The molecule has 9 nitrogen and oxygen atoms in total. The molecule has 0 bridgehead atoms. The van der Waals surface area contributed by atoms with Crippen molar-refractivity contribution in [2.75, 3.05) is 31.1 Å². The SMILES string of the molecule is O=C(c1cc(-c2ccco2)on1)N1CCN(c2ccc(-n3cccc3)nn2)CC1. The van der Waals surface area contributed by atoms with Crippen molar-refractivity contribution in [1.29, 1.82) is 0 Å². The predicted molar refractivity (Wildman–Crippen MR) is 104 cm³/mol. The van der Waals surface area contributed by atoms with Gasteiger partial charge >= 0.3 is 0 Å². The van der Waals surface area contributed by atoms with Gasteiger partial charge in [0.25, 0.3) is 5.91 Å². The first kappa shape index (κ1) is 17.2. The normalized spacial score (nSPS) is 14.3. The van der Waals surface area contributed by atoms with Crippen molar-refractivity contribution >= 4 is 11.7 Å². The van der Waals surface area contributed by atoms with Crippen LogP contribution in [-0.2, 0) is 0 Å². The molecule has 1 aliphatic heterocycles. The Morgan fingerprint density at radius 3 is 2.34 bits per heavy atom. The molecule has 146 valence electrons. The monoisotopic (exact) mass is 390 g/mol. The molecule has 0 unspecified atom stereocenters. The molecule has 0 spiro atoms. The Balaban J connectivity index is 1.22. The summed E-state index contributed by atoms with van der Waals surface area (Å²) in [5, 5.41) is 12.5. The molecule has 1 aliphatic rings. The van der Waals surface area contributed by atoms with E-state index in [2.05, 4.69) is 20.3 Å². The summed E-state index contributed by atoms with van der Waals surface area (Å²) < 4.78 is 12.4. The Morgan fingerprint density at radius 2 is 1.66 bits per heavy atom. The van der Waals surface area contributed by atoms with E-state index in [0.29, 0.717) is 37.7 Å². The molecule has 5 heterocycles. The molecule has 0 aromatic carbocycles. The molecule has 0 saturated carbocycles. The molecule has 9 heteroatoms. The van der Waals surface area contributed by atoms with Crippen LogP contribution in [0.2, 0.25) is 0 Å². The molecule has 4 aromatic rings. The molecule has 29 heavy (non-hydrogen) atoms. The van der Waals surface area contributed by atoms with Gasteiger partial charge in [0, 0.05) is 44.6 Å². The quantitative estimate of drug-likeness (QED) is 0.528. The minimum absolute atomic E-state index is 0.153. The van der Waals surface area contributed by atoms with Crippen LogP contribution in [0.4, 0.5) is 5.82 Å². The topological polar surface area (TPSA) is 93.4 Å². The van der Waals surface area contributed by atoms with Crippen LogP contribution in [-0.4, -0.2) is 56.9 Å². The summed E-state index contributed by atoms with van der Waals surface area (Å²) in [6, 6.07) is 12.9. The van der Waals surface area contributed by atoms with E-state index in [1.807, 2.05) is 41.2 Å². The third-order valence-electron chi connectivity index (χ3n) is 4.89. The van der Waals surface area contributed by atoms with E-state index >= 15 is 0 Å². The number of hydrogen-bond donors (Lipinski definition) is 0. The predicted octanol–water partition coefficient (Wildman–Crippen LogP) is 2.48. The lowest BCUT2D eigenvalue weighted by Crippen LogP contribution is -2.49. The average Bonchev–Trinajstić information content (AvgIpc) is 3.55. The smallest absolute Gasteiger partial charge is 0.276 e. The van der Waals surface area contributed by atoms with Crippen molar-refractivity contribution in [2.24, 2.45) is 0 Å². The van der Waals surface area contributed by atoms with Gasteiger partial charge in [-0.15, -0.1) is 10.2 Å². The van der Waals surface area contributed by atoms with Crippen LogP contribution >= 0.6 is 0 Å². The van der Waals surface area contributed by atoms with Gasteiger partial charge in [0.15, 0.2) is 23.1 Å². The molecule has 1 amide bonds. The number of amides is 1. The highest BCUT2D eigenvalue weighted by Gasteiger charge is 2.25. The number of nitrogens with zero attached hydrogens (tertiary/aromatic N) is 6. The van der Waals surface area contributed by atoms with Crippen molar-refractivity contribution in [2.45, 2.75) is 0 Å². The van der Waals surface area contributed by atoms with Gasteiger partial charge in [0.1, 0.15) is 0 Å². The van der Waals surface area contributed by atoms with E-state index in [4.69, 9.17) is 8.94 Å². The zero-order valence-corrected chi connectivity index (χ0v) is 15.5. The maximum atomic E-state index is 12.7. The largest absolute Gasteiger partial charge is 0.461 e. The first-order valence-electron chi connectivity index (χ1n) is 9.30. The molecule has 0 radical (unpaired) electrons. The Labute approximate surface area is 166 Å². The number of furan rings is 1. The highest BCUT2D eigenvalue weighted by molar-refractivity contribution is 5.93. The van der Waals surface area contributed by atoms with Crippen molar-refractivity contribution in [3.8, 4) is 17.3 Å². The Hall–Kier alpha value is -3.88. The molecule has 5 rings (SSSR count). The van der Waals surface area contributed by atoms with Gasteiger partial charge in [0.2, 0.25) is 5.76 Å². The first-order valence-corrected chi connectivity index (χ1v) is 9.30. The van der Waals surface area contributed by atoms with E-state index in [1.54, 1.807) is 29.4 Å². The second-order valence-electron chi connectivity index (χ2n) is 6.67. The lowest BCUT2D eigenvalue weighted by molar-refractivity contribution is 0.0736. The molecule has 0 atom stereocenters. The molecule has 4 aromatic heterocycles. The van der Waals surface area contributed by atoms with Crippen molar-refractivity contribution in [1.82, 2.24) is 24.8 Å². The second kappa shape index (κ2) is 7.27. The van der Waals surface area contributed by atoms with Gasteiger partial charge in [-0.2, -0.15) is 0 Å². The van der Waals surface area contributed by atoms with Crippen LogP contribution in [0, 0.1) is 0 Å². The van der Waals surface area contributed by atoms with Crippen LogP contribution in [0.3, 0.4) is 0 Å². The van der Waals surface area contributed by atoms with Crippen molar-refractivity contribution in [3.63, 3.8) is 0 Å². The second-order valence-corrected chi connectivity index (χ2v) is 6.67. The number of carbonyl (C=O) groups excluding carboxylic acids is 1. The zero-order chi connectivity index (χ0) is 19.6. The van der Waals surface area contributed by atoms with Crippen LogP contribution in [0.1, 0.15) is 10.5 Å². The van der Waals surface area contributed by atoms with Gasteiger partial charge in [-0.05, 0) is 36.4 Å². The Morgan fingerprint density at radius 1 is 0.897 bits per heavy atom. The van der Waals surface area contributed by atoms with Crippen molar-refractivity contribution < 1.29 is 13.7 Å². The molecular formula is C20H18N6O3. The van der Waals surface area contributed by atoms with Crippen LogP contribution < -0.4 is 4.90 Å². The maximum absolute atomic E-state index is 12.7. The highest BCUT2D eigenvalue weighted by Crippen LogP contribution is 2.22. The minimum atomic E-state index is -0.153. The lowest BCUT2D eigenvalue weighted by Gasteiger charge is -2.34. The summed E-state index contributed by atoms with van der Waals surface area (Å²) in [4.78, 5) is 16.6. The van der Waals surface area contributed by atoms with E-state index in [1.165, 1.54) is 0 Å². The zero-order valence-electron chi connectivity index (χ0n) is 15.5. The first-order chi connectivity index (χ1) is 14.3. The number of anilines is 1. The molecule has 1 fully saturated rings. The van der Waals surface area contributed by atoms with Crippen LogP contribution in [0.5, 0.6) is 0 Å².